The number of hydrogen-bond donors (Lipinski definition) is 1. The van der Waals surface area contributed by atoms with Crippen LogP contribution in [0.25, 0.3) is 0 Å². The second-order valence-corrected chi connectivity index (χ2v) is 11.0. The van der Waals surface area contributed by atoms with Crippen molar-refractivity contribution in [2.45, 2.75) is 83.7 Å². The average molecular weight is 525 g/mol. The van der Waals surface area contributed by atoms with Gasteiger partial charge in [-0.05, 0) is 65.0 Å². The third kappa shape index (κ3) is 6.61. The minimum absolute atomic E-state index is 0.0395. The Hall–Kier alpha value is -3.11. The molecule has 204 valence electrons. The second kappa shape index (κ2) is 10.3. The fraction of sp³-hybridized carbons (Fsp3) is 0.615. The van der Waals surface area contributed by atoms with Gasteiger partial charge in [0.05, 0.1) is 0 Å². The third-order valence-electron chi connectivity index (χ3n) is 6.73. The van der Waals surface area contributed by atoms with Crippen LogP contribution in [0.1, 0.15) is 64.1 Å². The van der Waals surface area contributed by atoms with Crippen molar-refractivity contribution >= 4 is 23.7 Å². The number of nitrogens with one attached hydrogen (secondary N) is 1. The molecule has 1 aromatic heterocycles. The highest BCUT2D eigenvalue weighted by Gasteiger charge is 2.68. The molecule has 0 bridgehead atoms. The highest BCUT2D eigenvalue weighted by Crippen LogP contribution is 2.60. The van der Waals surface area contributed by atoms with Crippen LogP contribution in [-0.4, -0.2) is 64.0 Å². The number of hydrogen-bond acceptors (Lipinski definition) is 5. The van der Waals surface area contributed by atoms with Gasteiger partial charge in [0.1, 0.15) is 23.2 Å². The molecule has 3 atom stereocenters. The van der Waals surface area contributed by atoms with Crippen molar-refractivity contribution in [1.29, 1.82) is 0 Å². The van der Waals surface area contributed by atoms with Gasteiger partial charge in [0.2, 0.25) is 11.8 Å². The van der Waals surface area contributed by atoms with Gasteiger partial charge < -0.3 is 15.0 Å². The summed E-state index contributed by atoms with van der Waals surface area (Å²) < 4.78 is 45.1. The molecule has 3 amide bonds. The number of ether oxygens (including phenoxy) is 1. The summed E-state index contributed by atoms with van der Waals surface area (Å²) in [4.78, 5) is 45.6. The van der Waals surface area contributed by atoms with Gasteiger partial charge in [0.25, 0.3) is 0 Å². The van der Waals surface area contributed by atoms with Gasteiger partial charge in [-0.15, -0.1) is 6.58 Å². The lowest BCUT2D eigenvalue weighted by Gasteiger charge is -2.30. The molecule has 0 radical (unpaired) electrons. The molecule has 37 heavy (non-hydrogen) atoms. The number of alkyl halides is 3. The SMILES string of the molecule is C=CCCCC(=O)N(C)C[C@@]12C[C@@H](C(=O)Nc3nc(C(F)(F)F)ccc3C)N(C(=O)OC(C)(C)C)[C@@H]1C2. The van der Waals surface area contributed by atoms with E-state index in [0.717, 1.165) is 12.5 Å². The number of piperidine rings is 1. The number of allylic oxidation sites excluding steroid dienone is 1. The van der Waals surface area contributed by atoms with E-state index in [0.29, 0.717) is 31.4 Å². The van der Waals surface area contributed by atoms with Crippen LogP contribution in [0.4, 0.5) is 23.8 Å². The van der Waals surface area contributed by atoms with Crippen molar-refractivity contribution in [3.8, 4) is 0 Å². The summed E-state index contributed by atoms with van der Waals surface area (Å²) in [6.07, 6.45) is -0.965. The summed E-state index contributed by atoms with van der Waals surface area (Å²) >= 11 is 0. The Morgan fingerprint density at radius 2 is 1.95 bits per heavy atom. The number of halogens is 3. The molecule has 1 N–H and O–H groups in total. The molecule has 0 aromatic carbocycles. The quantitative estimate of drug-likeness (QED) is 0.385. The van der Waals surface area contributed by atoms with E-state index in [9.17, 15) is 27.6 Å². The van der Waals surface area contributed by atoms with Crippen LogP contribution in [0.15, 0.2) is 24.8 Å². The van der Waals surface area contributed by atoms with E-state index in [1.807, 2.05) is 0 Å². The molecule has 2 heterocycles. The Labute approximate surface area is 215 Å². The molecular formula is C26H35F3N4O4. The molecule has 3 rings (SSSR count). The molecule has 1 saturated carbocycles. The number of nitrogens with zero attached hydrogens (tertiary/aromatic N) is 3. The molecule has 0 unspecified atom stereocenters. The Bertz CT molecular complexity index is 1070. The average Bonchev–Trinajstić information content (AvgIpc) is 3.35. The summed E-state index contributed by atoms with van der Waals surface area (Å²) in [7, 11) is 1.70. The molecule has 1 aliphatic carbocycles. The van der Waals surface area contributed by atoms with Crippen LogP contribution in [0.3, 0.4) is 0 Å². The first-order valence-electron chi connectivity index (χ1n) is 12.3. The Kier molecular flexibility index (Phi) is 7.95. The van der Waals surface area contributed by atoms with E-state index in [2.05, 4.69) is 16.9 Å². The van der Waals surface area contributed by atoms with Crippen molar-refractivity contribution < 1.29 is 32.3 Å². The lowest BCUT2D eigenvalue weighted by atomic mass is 9.98. The molecule has 8 nitrogen and oxygen atoms in total. The smallest absolute Gasteiger partial charge is 0.433 e. The minimum Gasteiger partial charge on any atom is -0.444 e. The topological polar surface area (TPSA) is 91.8 Å². The standard InChI is InChI=1S/C26H35F3N4O4/c1-7-8-9-10-20(34)32(6)15-25-13-17(33(19(25)14-25)23(36)37-24(3,4)5)22(35)31-21-16(2)11-12-18(30-21)26(27,28)29/h7,11-12,17,19H,1,8-10,13-15H2,2-6H3,(H,30,31,35)/t17-,19+,25-/m0/s1. The van der Waals surface area contributed by atoms with E-state index in [-0.39, 0.29) is 24.2 Å². The van der Waals surface area contributed by atoms with Crippen molar-refractivity contribution in [2.24, 2.45) is 5.41 Å². The number of fused-ring (bicyclic) bond motifs is 1. The van der Waals surface area contributed by atoms with Gasteiger partial charge in [0, 0.05) is 31.5 Å². The molecule has 2 aliphatic rings. The lowest BCUT2D eigenvalue weighted by molar-refractivity contribution is -0.141. The molecule has 11 heteroatoms. The number of amides is 3. The molecule has 1 aliphatic heterocycles. The predicted molar refractivity (Wildman–Crippen MR) is 132 cm³/mol. The summed E-state index contributed by atoms with van der Waals surface area (Å²) in [5.41, 5.74) is -2.07. The van der Waals surface area contributed by atoms with Crippen LogP contribution in [-0.2, 0) is 20.5 Å². The molecule has 1 saturated heterocycles. The Morgan fingerprint density at radius 1 is 1.27 bits per heavy atom. The van der Waals surface area contributed by atoms with Gasteiger partial charge in [-0.3, -0.25) is 14.5 Å². The zero-order valence-electron chi connectivity index (χ0n) is 21.9. The fourth-order valence-electron chi connectivity index (χ4n) is 4.82. The van der Waals surface area contributed by atoms with Gasteiger partial charge >= 0.3 is 12.3 Å². The zero-order valence-corrected chi connectivity index (χ0v) is 21.9. The predicted octanol–water partition coefficient (Wildman–Crippen LogP) is 4.93. The van der Waals surface area contributed by atoms with E-state index in [4.69, 9.17) is 4.74 Å². The molecule has 2 fully saturated rings. The number of aromatic nitrogens is 1. The molecular weight excluding hydrogens is 489 g/mol. The first-order valence-corrected chi connectivity index (χ1v) is 12.3. The highest BCUT2D eigenvalue weighted by molar-refractivity contribution is 5.97. The van der Waals surface area contributed by atoms with Crippen molar-refractivity contribution in [3.63, 3.8) is 0 Å². The summed E-state index contributed by atoms with van der Waals surface area (Å²) in [6, 6.07) is 0.780. The summed E-state index contributed by atoms with van der Waals surface area (Å²) in [5, 5.41) is 2.49. The molecule has 1 aromatic rings. The number of carbonyl (C=O) groups is 3. The van der Waals surface area contributed by atoms with Gasteiger partial charge in [-0.25, -0.2) is 9.78 Å². The monoisotopic (exact) mass is 524 g/mol. The van der Waals surface area contributed by atoms with Crippen molar-refractivity contribution in [3.05, 3.63) is 36.0 Å². The van der Waals surface area contributed by atoms with Crippen LogP contribution in [0.2, 0.25) is 0 Å². The van der Waals surface area contributed by atoms with E-state index < -0.39 is 40.9 Å². The maximum Gasteiger partial charge on any atom is 0.433 e. The Balaban J connectivity index is 1.81. The van der Waals surface area contributed by atoms with Crippen LogP contribution in [0, 0.1) is 12.3 Å². The minimum atomic E-state index is -4.67. The van der Waals surface area contributed by atoms with Crippen LogP contribution in [0.5, 0.6) is 0 Å². The number of rotatable bonds is 8. The second-order valence-electron chi connectivity index (χ2n) is 11.0. The largest absolute Gasteiger partial charge is 0.444 e. The maximum atomic E-state index is 13.3. The Morgan fingerprint density at radius 3 is 2.54 bits per heavy atom. The van der Waals surface area contributed by atoms with E-state index in [1.54, 1.807) is 38.8 Å². The summed E-state index contributed by atoms with van der Waals surface area (Å²) in [5.74, 6) is -0.900. The lowest BCUT2D eigenvalue weighted by Crippen LogP contribution is -2.47. The van der Waals surface area contributed by atoms with Gasteiger partial charge in [0.15, 0.2) is 0 Å². The summed E-state index contributed by atoms with van der Waals surface area (Å²) in [6.45, 7) is 10.7. The van der Waals surface area contributed by atoms with Crippen molar-refractivity contribution in [1.82, 2.24) is 14.8 Å². The zero-order chi connectivity index (χ0) is 27.8. The number of likely N-dealkylation sites (tertiary alicyclic amines) is 1. The maximum absolute atomic E-state index is 13.3. The number of anilines is 1. The van der Waals surface area contributed by atoms with E-state index in [1.165, 1.54) is 17.9 Å². The molecule has 0 spiro atoms. The fourth-order valence-corrected chi connectivity index (χ4v) is 4.82. The highest BCUT2D eigenvalue weighted by atomic mass is 19.4. The first kappa shape index (κ1) is 28.5. The number of carbonyl (C=O) groups excluding carboxylic acids is 3. The van der Waals surface area contributed by atoms with E-state index >= 15 is 0 Å². The number of unbranched alkanes of at least 4 members (excludes halogenated alkanes) is 1. The first-order chi connectivity index (χ1) is 17.1. The number of pyridine rings is 1. The van der Waals surface area contributed by atoms with Crippen molar-refractivity contribution in [2.75, 3.05) is 18.9 Å². The number of aryl methyl sites for hydroxylation is 1. The van der Waals surface area contributed by atoms with Crippen LogP contribution >= 0.6 is 0 Å². The van der Waals surface area contributed by atoms with Crippen LogP contribution < -0.4 is 5.32 Å². The third-order valence-corrected chi connectivity index (χ3v) is 6.73. The normalized spacial score (nSPS) is 22.8. The van der Waals surface area contributed by atoms with Gasteiger partial charge in [-0.2, -0.15) is 13.2 Å². The van der Waals surface area contributed by atoms with Gasteiger partial charge in [-0.1, -0.05) is 12.1 Å².